The molecule has 8 heteroatoms. The highest BCUT2D eigenvalue weighted by molar-refractivity contribution is 14.0. The highest BCUT2D eigenvalue weighted by Crippen LogP contribution is 2.22. The summed E-state index contributed by atoms with van der Waals surface area (Å²) in [6.07, 6.45) is 7.15. The number of benzene rings is 1. The molecule has 0 bridgehead atoms. The van der Waals surface area contributed by atoms with E-state index in [4.69, 9.17) is 9.40 Å². The van der Waals surface area contributed by atoms with Crippen molar-refractivity contribution in [2.75, 3.05) is 7.05 Å². The Kier molecular flexibility index (Phi) is 7.07. The van der Waals surface area contributed by atoms with Gasteiger partial charge < -0.3 is 19.6 Å². The number of hydrogen-bond acceptors (Lipinski definition) is 4. The molecule has 0 unspecified atom stereocenters. The van der Waals surface area contributed by atoms with E-state index < -0.39 is 0 Å². The van der Waals surface area contributed by atoms with Gasteiger partial charge in [0.25, 0.3) is 0 Å². The van der Waals surface area contributed by atoms with E-state index >= 15 is 0 Å². The zero-order chi connectivity index (χ0) is 18.5. The van der Waals surface area contributed by atoms with Crippen LogP contribution in [-0.2, 0) is 26.1 Å². The Hall–Kier alpha value is -2.36. The van der Waals surface area contributed by atoms with Crippen LogP contribution >= 0.6 is 24.0 Å². The van der Waals surface area contributed by atoms with Crippen molar-refractivity contribution in [3.05, 3.63) is 60.1 Å². The fraction of sp³-hybridized carbons (Fsp3) is 0.350. The van der Waals surface area contributed by atoms with Crippen LogP contribution in [-0.4, -0.2) is 27.5 Å². The number of hydrogen-bond donors (Lipinski definition) is 2. The van der Waals surface area contributed by atoms with Crippen molar-refractivity contribution < 1.29 is 4.42 Å². The van der Waals surface area contributed by atoms with Crippen LogP contribution in [0.15, 0.2) is 52.3 Å². The first-order valence-electron chi connectivity index (χ1n) is 9.30. The summed E-state index contributed by atoms with van der Waals surface area (Å²) in [6.45, 7) is 2.24. The zero-order valence-electron chi connectivity index (χ0n) is 15.9. The first kappa shape index (κ1) is 20.4. The summed E-state index contributed by atoms with van der Waals surface area (Å²) in [5.74, 6) is 2.68. The highest BCUT2D eigenvalue weighted by atomic mass is 127. The van der Waals surface area contributed by atoms with Crippen LogP contribution in [0.3, 0.4) is 0 Å². The number of aliphatic imine (C=N–C) groups is 1. The number of imidazole rings is 1. The Bertz CT molecular complexity index is 894. The summed E-state index contributed by atoms with van der Waals surface area (Å²) in [5.41, 5.74) is 2.90. The van der Waals surface area contributed by atoms with Crippen molar-refractivity contribution >= 4 is 29.9 Å². The van der Waals surface area contributed by atoms with Crippen molar-refractivity contribution in [2.24, 2.45) is 4.99 Å². The molecule has 0 amide bonds. The maximum Gasteiger partial charge on any atom is 0.191 e. The number of fused-ring (bicyclic) bond motifs is 1. The second kappa shape index (κ2) is 9.72. The first-order valence-corrected chi connectivity index (χ1v) is 9.30. The molecular weight excluding hydrogens is 467 g/mol. The molecule has 0 saturated heterocycles. The molecule has 3 heterocycles. The molecule has 3 aromatic rings. The normalized spacial score (nSPS) is 13.5. The molecule has 2 N–H and O–H groups in total. The van der Waals surface area contributed by atoms with Crippen molar-refractivity contribution in [2.45, 2.75) is 38.9 Å². The molecule has 0 fully saturated rings. The summed E-state index contributed by atoms with van der Waals surface area (Å²) < 4.78 is 7.83. The van der Waals surface area contributed by atoms with E-state index in [9.17, 15) is 0 Å². The molecule has 28 heavy (non-hydrogen) atoms. The molecule has 1 aromatic carbocycles. The van der Waals surface area contributed by atoms with Gasteiger partial charge in [0.15, 0.2) is 18.1 Å². The van der Waals surface area contributed by atoms with Gasteiger partial charge in [0, 0.05) is 31.8 Å². The van der Waals surface area contributed by atoms with E-state index in [0.717, 1.165) is 35.7 Å². The summed E-state index contributed by atoms with van der Waals surface area (Å²) >= 11 is 0. The minimum atomic E-state index is 0. The van der Waals surface area contributed by atoms with Gasteiger partial charge in [0.05, 0.1) is 18.8 Å². The lowest BCUT2D eigenvalue weighted by Gasteiger charge is -2.11. The highest BCUT2D eigenvalue weighted by Gasteiger charge is 2.13. The van der Waals surface area contributed by atoms with Crippen molar-refractivity contribution in [3.63, 3.8) is 0 Å². The summed E-state index contributed by atoms with van der Waals surface area (Å²) in [5, 5.41) is 6.62. The number of oxazole rings is 1. The third-order valence-corrected chi connectivity index (χ3v) is 4.72. The molecule has 0 radical (unpaired) electrons. The standard InChI is InChI=1S/C20H24N6O.HI/c1-21-20(22-11-16-13-26-10-6-5-9-18(26)25-16)23-12-17-19(27-14-24-17)15-7-3-2-4-8-15;/h2-4,7-8,13-14H,5-6,9-12H2,1H3,(H2,21,22,23);1H. The quantitative estimate of drug-likeness (QED) is 0.325. The maximum atomic E-state index is 5.57. The lowest BCUT2D eigenvalue weighted by atomic mass is 10.1. The fourth-order valence-corrected chi connectivity index (χ4v) is 3.34. The fourth-order valence-electron chi connectivity index (χ4n) is 3.34. The predicted molar refractivity (Wildman–Crippen MR) is 120 cm³/mol. The number of aromatic nitrogens is 3. The largest absolute Gasteiger partial charge is 0.443 e. The SMILES string of the molecule is CN=C(NCc1cn2c(n1)CCCC2)NCc1ncoc1-c1ccccc1.I. The smallest absolute Gasteiger partial charge is 0.191 e. The van der Waals surface area contributed by atoms with Gasteiger partial charge in [-0.1, -0.05) is 30.3 Å². The van der Waals surface area contributed by atoms with E-state index in [0.29, 0.717) is 19.0 Å². The van der Waals surface area contributed by atoms with Gasteiger partial charge >= 0.3 is 0 Å². The lowest BCUT2D eigenvalue weighted by molar-refractivity contribution is 0.522. The zero-order valence-corrected chi connectivity index (χ0v) is 18.2. The molecule has 0 saturated carbocycles. The number of nitrogens with one attached hydrogen (secondary N) is 2. The van der Waals surface area contributed by atoms with Crippen LogP contribution in [0.2, 0.25) is 0 Å². The maximum absolute atomic E-state index is 5.57. The van der Waals surface area contributed by atoms with Gasteiger partial charge in [0.1, 0.15) is 11.5 Å². The van der Waals surface area contributed by atoms with Gasteiger partial charge in [-0.25, -0.2) is 9.97 Å². The first-order chi connectivity index (χ1) is 13.3. The second-order valence-electron chi connectivity index (χ2n) is 6.57. The molecule has 0 aliphatic carbocycles. The van der Waals surface area contributed by atoms with E-state index in [1.165, 1.54) is 25.1 Å². The molecule has 2 aromatic heterocycles. The van der Waals surface area contributed by atoms with E-state index in [1.807, 2.05) is 30.3 Å². The third kappa shape index (κ3) is 4.73. The molecular formula is C20H25IN6O. The Labute approximate surface area is 181 Å². The van der Waals surface area contributed by atoms with E-state index in [1.54, 1.807) is 7.05 Å². The summed E-state index contributed by atoms with van der Waals surface area (Å²) in [7, 11) is 1.76. The van der Waals surface area contributed by atoms with Crippen LogP contribution in [0.25, 0.3) is 11.3 Å². The van der Waals surface area contributed by atoms with Crippen molar-refractivity contribution in [1.82, 2.24) is 25.2 Å². The molecule has 7 nitrogen and oxygen atoms in total. The monoisotopic (exact) mass is 492 g/mol. The molecule has 148 valence electrons. The van der Waals surface area contributed by atoms with Gasteiger partial charge in [-0.2, -0.15) is 0 Å². The van der Waals surface area contributed by atoms with Gasteiger partial charge in [0.2, 0.25) is 0 Å². The third-order valence-electron chi connectivity index (χ3n) is 4.72. The Balaban J connectivity index is 0.00000225. The Morgan fingerprint density at radius 3 is 2.79 bits per heavy atom. The average molecular weight is 492 g/mol. The number of aryl methyl sites for hydroxylation is 2. The topological polar surface area (TPSA) is 80.3 Å². The van der Waals surface area contributed by atoms with Crippen molar-refractivity contribution in [3.8, 4) is 11.3 Å². The number of nitrogens with zero attached hydrogens (tertiary/aromatic N) is 4. The number of halogens is 1. The Morgan fingerprint density at radius 2 is 2.00 bits per heavy atom. The second-order valence-corrected chi connectivity index (χ2v) is 6.57. The van der Waals surface area contributed by atoms with Crippen LogP contribution in [0.1, 0.15) is 30.1 Å². The minimum absolute atomic E-state index is 0. The molecule has 0 spiro atoms. The van der Waals surface area contributed by atoms with Crippen LogP contribution < -0.4 is 10.6 Å². The van der Waals surface area contributed by atoms with Gasteiger partial charge in [-0.3, -0.25) is 4.99 Å². The summed E-state index contributed by atoms with van der Waals surface area (Å²) in [4.78, 5) is 13.3. The van der Waals surface area contributed by atoms with Crippen LogP contribution in [0.4, 0.5) is 0 Å². The number of rotatable bonds is 5. The molecule has 4 rings (SSSR count). The lowest BCUT2D eigenvalue weighted by Crippen LogP contribution is -2.36. The Morgan fingerprint density at radius 1 is 1.18 bits per heavy atom. The minimum Gasteiger partial charge on any atom is -0.443 e. The van der Waals surface area contributed by atoms with E-state index in [-0.39, 0.29) is 24.0 Å². The van der Waals surface area contributed by atoms with Crippen LogP contribution in [0.5, 0.6) is 0 Å². The molecule has 1 aliphatic rings. The van der Waals surface area contributed by atoms with Crippen LogP contribution in [0, 0.1) is 0 Å². The molecule has 0 atom stereocenters. The number of guanidine groups is 1. The molecule has 1 aliphatic heterocycles. The predicted octanol–water partition coefficient (Wildman–Crippen LogP) is 3.36. The van der Waals surface area contributed by atoms with Gasteiger partial charge in [-0.05, 0) is 12.8 Å². The van der Waals surface area contributed by atoms with Gasteiger partial charge in [-0.15, -0.1) is 24.0 Å². The average Bonchev–Trinajstić information content (AvgIpc) is 3.35. The van der Waals surface area contributed by atoms with E-state index in [2.05, 4.69) is 31.4 Å². The summed E-state index contributed by atoms with van der Waals surface area (Å²) in [6, 6.07) is 9.98. The van der Waals surface area contributed by atoms with Crippen molar-refractivity contribution in [1.29, 1.82) is 0 Å².